The molecular formula is C17H18F2N2O2. The predicted octanol–water partition coefficient (Wildman–Crippen LogP) is 2.66. The second kappa shape index (κ2) is 6.52. The SMILES string of the molecule is CNCC(=O)c1cc(C(C)(C)O)c(F)c(-c2ccc(F)cc2)n1. The van der Waals surface area contributed by atoms with Crippen LogP contribution in [0.5, 0.6) is 0 Å². The Morgan fingerprint density at radius 1 is 1.26 bits per heavy atom. The molecule has 0 aliphatic carbocycles. The largest absolute Gasteiger partial charge is 0.386 e. The van der Waals surface area contributed by atoms with Crippen molar-refractivity contribution >= 4 is 5.78 Å². The second-order valence-electron chi connectivity index (χ2n) is 5.74. The Morgan fingerprint density at radius 3 is 2.39 bits per heavy atom. The molecule has 1 heterocycles. The van der Waals surface area contributed by atoms with Crippen LogP contribution in [0.3, 0.4) is 0 Å². The number of hydrogen-bond acceptors (Lipinski definition) is 4. The summed E-state index contributed by atoms with van der Waals surface area (Å²) in [5.41, 5.74) is -1.25. The zero-order chi connectivity index (χ0) is 17.2. The summed E-state index contributed by atoms with van der Waals surface area (Å²) >= 11 is 0. The van der Waals surface area contributed by atoms with Crippen LogP contribution in [0.2, 0.25) is 0 Å². The highest BCUT2D eigenvalue weighted by Gasteiger charge is 2.26. The minimum absolute atomic E-state index is 0.0345. The lowest BCUT2D eigenvalue weighted by Crippen LogP contribution is -2.23. The smallest absolute Gasteiger partial charge is 0.194 e. The van der Waals surface area contributed by atoms with E-state index in [0.29, 0.717) is 5.56 Å². The summed E-state index contributed by atoms with van der Waals surface area (Å²) in [6.07, 6.45) is 0. The average Bonchev–Trinajstić information content (AvgIpc) is 2.47. The number of benzene rings is 1. The molecule has 2 N–H and O–H groups in total. The Morgan fingerprint density at radius 2 is 1.87 bits per heavy atom. The molecule has 0 aliphatic rings. The summed E-state index contributed by atoms with van der Waals surface area (Å²) in [6, 6.07) is 6.37. The highest BCUT2D eigenvalue weighted by atomic mass is 19.1. The van der Waals surface area contributed by atoms with Gasteiger partial charge >= 0.3 is 0 Å². The highest BCUT2D eigenvalue weighted by Crippen LogP contribution is 2.30. The first kappa shape index (κ1) is 17.2. The van der Waals surface area contributed by atoms with Gasteiger partial charge in [0.2, 0.25) is 0 Å². The van der Waals surface area contributed by atoms with Gasteiger partial charge in [0.1, 0.15) is 17.2 Å². The van der Waals surface area contributed by atoms with Gasteiger partial charge in [-0.1, -0.05) is 0 Å². The number of pyridine rings is 1. The predicted molar refractivity (Wildman–Crippen MR) is 83.1 cm³/mol. The van der Waals surface area contributed by atoms with Crippen molar-refractivity contribution in [2.24, 2.45) is 0 Å². The summed E-state index contributed by atoms with van der Waals surface area (Å²) in [5, 5.41) is 12.9. The number of Topliss-reactive ketones (excluding diaryl/α,β-unsaturated/α-hetero) is 1. The molecule has 0 fully saturated rings. The number of likely N-dealkylation sites (N-methyl/N-ethyl adjacent to an activating group) is 1. The fraction of sp³-hybridized carbons (Fsp3) is 0.294. The van der Waals surface area contributed by atoms with E-state index in [0.717, 1.165) is 0 Å². The van der Waals surface area contributed by atoms with Gasteiger partial charge in [-0.15, -0.1) is 0 Å². The zero-order valence-corrected chi connectivity index (χ0v) is 13.2. The van der Waals surface area contributed by atoms with Crippen molar-refractivity contribution in [1.82, 2.24) is 10.3 Å². The maximum Gasteiger partial charge on any atom is 0.194 e. The Bertz CT molecular complexity index is 723. The van der Waals surface area contributed by atoms with E-state index in [-0.39, 0.29) is 29.3 Å². The van der Waals surface area contributed by atoms with Crippen LogP contribution in [0.4, 0.5) is 8.78 Å². The molecule has 23 heavy (non-hydrogen) atoms. The summed E-state index contributed by atoms with van der Waals surface area (Å²) in [4.78, 5) is 16.2. The Labute approximate surface area is 133 Å². The third-order valence-electron chi connectivity index (χ3n) is 3.36. The quantitative estimate of drug-likeness (QED) is 0.832. The van der Waals surface area contributed by atoms with Crippen LogP contribution >= 0.6 is 0 Å². The molecule has 0 saturated carbocycles. The third-order valence-corrected chi connectivity index (χ3v) is 3.36. The first-order valence-corrected chi connectivity index (χ1v) is 7.11. The summed E-state index contributed by atoms with van der Waals surface area (Å²) in [6.45, 7) is 2.88. The molecule has 0 atom stereocenters. The number of carbonyl (C=O) groups is 1. The molecule has 4 nitrogen and oxygen atoms in total. The first-order valence-electron chi connectivity index (χ1n) is 7.11. The lowest BCUT2D eigenvalue weighted by atomic mass is 9.94. The average molecular weight is 320 g/mol. The standard InChI is InChI=1S/C17H18F2N2O2/c1-17(2,23)12-8-13(14(22)9-20-3)21-16(15(12)19)10-4-6-11(18)7-5-10/h4-8,20,23H,9H2,1-3H3. The van der Waals surface area contributed by atoms with E-state index in [2.05, 4.69) is 10.3 Å². The molecule has 0 amide bonds. The third kappa shape index (κ3) is 3.78. The van der Waals surface area contributed by atoms with Gasteiger partial charge in [0.15, 0.2) is 11.6 Å². The molecule has 0 bridgehead atoms. The van der Waals surface area contributed by atoms with E-state index >= 15 is 0 Å². The summed E-state index contributed by atoms with van der Waals surface area (Å²) in [7, 11) is 1.61. The van der Waals surface area contributed by atoms with Crippen LogP contribution in [0.1, 0.15) is 29.9 Å². The van der Waals surface area contributed by atoms with Crippen molar-refractivity contribution in [3.05, 3.63) is 53.2 Å². The van der Waals surface area contributed by atoms with Gasteiger partial charge in [-0.3, -0.25) is 4.79 Å². The molecule has 0 radical (unpaired) electrons. The van der Waals surface area contributed by atoms with Crippen molar-refractivity contribution in [3.8, 4) is 11.3 Å². The van der Waals surface area contributed by atoms with E-state index in [4.69, 9.17) is 0 Å². The van der Waals surface area contributed by atoms with E-state index in [1.807, 2.05) is 0 Å². The molecule has 2 aromatic rings. The summed E-state index contributed by atoms with van der Waals surface area (Å²) < 4.78 is 27.8. The van der Waals surface area contributed by atoms with Crippen molar-refractivity contribution < 1.29 is 18.7 Å². The van der Waals surface area contributed by atoms with Gasteiger partial charge in [0, 0.05) is 11.1 Å². The van der Waals surface area contributed by atoms with Crippen molar-refractivity contribution in [1.29, 1.82) is 0 Å². The molecule has 0 saturated heterocycles. The zero-order valence-electron chi connectivity index (χ0n) is 13.2. The number of aliphatic hydroxyl groups is 1. The molecular weight excluding hydrogens is 302 g/mol. The van der Waals surface area contributed by atoms with Crippen LogP contribution in [0, 0.1) is 11.6 Å². The minimum atomic E-state index is -1.49. The lowest BCUT2D eigenvalue weighted by molar-refractivity contribution is 0.0743. The minimum Gasteiger partial charge on any atom is -0.386 e. The molecule has 0 unspecified atom stereocenters. The maximum atomic E-state index is 14.7. The Kier molecular flexibility index (Phi) is 4.87. The van der Waals surface area contributed by atoms with Crippen LogP contribution in [0.15, 0.2) is 30.3 Å². The molecule has 0 spiro atoms. The molecule has 6 heteroatoms. The van der Waals surface area contributed by atoms with Gasteiger partial charge in [-0.2, -0.15) is 0 Å². The first-order chi connectivity index (χ1) is 10.7. The normalized spacial score (nSPS) is 11.6. The van der Waals surface area contributed by atoms with Crippen molar-refractivity contribution in [3.63, 3.8) is 0 Å². The maximum absolute atomic E-state index is 14.7. The molecule has 1 aromatic heterocycles. The Balaban J connectivity index is 2.67. The van der Waals surface area contributed by atoms with E-state index < -0.39 is 17.2 Å². The number of aromatic nitrogens is 1. The van der Waals surface area contributed by atoms with Gasteiger partial charge in [-0.25, -0.2) is 13.8 Å². The van der Waals surface area contributed by atoms with Gasteiger partial charge in [0.05, 0.1) is 12.1 Å². The number of ketones is 1. The molecule has 1 aromatic carbocycles. The van der Waals surface area contributed by atoms with Crippen LogP contribution in [0.25, 0.3) is 11.3 Å². The molecule has 0 aliphatic heterocycles. The van der Waals surface area contributed by atoms with Crippen LogP contribution < -0.4 is 5.32 Å². The highest BCUT2D eigenvalue weighted by molar-refractivity contribution is 5.96. The lowest BCUT2D eigenvalue weighted by Gasteiger charge is -2.21. The van der Waals surface area contributed by atoms with Crippen molar-refractivity contribution in [2.45, 2.75) is 19.4 Å². The Hall–Kier alpha value is -2.18. The van der Waals surface area contributed by atoms with E-state index in [9.17, 15) is 18.7 Å². The van der Waals surface area contributed by atoms with Gasteiger partial charge < -0.3 is 10.4 Å². The van der Waals surface area contributed by atoms with Gasteiger partial charge in [0.25, 0.3) is 0 Å². The molecule has 122 valence electrons. The number of rotatable bonds is 5. The monoisotopic (exact) mass is 320 g/mol. The topological polar surface area (TPSA) is 62.2 Å². The van der Waals surface area contributed by atoms with Crippen LogP contribution in [-0.4, -0.2) is 29.5 Å². The fourth-order valence-electron chi connectivity index (χ4n) is 2.17. The second-order valence-corrected chi connectivity index (χ2v) is 5.74. The fourth-order valence-corrected chi connectivity index (χ4v) is 2.17. The number of carbonyl (C=O) groups excluding carboxylic acids is 1. The van der Waals surface area contributed by atoms with E-state index in [1.165, 1.54) is 44.2 Å². The number of nitrogens with one attached hydrogen (secondary N) is 1. The number of halogens is 2. The number of nitrogens with zero attached hydrogens (tertiary/aromatic N) is 1. The van der Waals surface area contributed by atoms with Crippen molar-refractivity contribution in [2.75, 3.05) is 13.6 Å². The van der Waals surface area contributed by atoms with Gasteiger partial charge in [-0.05, 0) is 51.2 Å². The summed E-state index contributed by atoms with van der Waals surface area (Å²) in [5.74, 6) is -1.52. The molecule has 2 rings (SSSR count). The van der Waals surface area contributed by atoms with E-state index in [1.54, 1.807) is 7.05 Å². The number of hydrogen-bond donors (Lipinski definition) is 2. The van der Waals surface area contributed by atoms with Crippen LogP contribution in [-0.2, 0) is 5.60 Å².